The number of nitrogens with two attached hydrogens (primary N) is 1. The van der Waals surface area contributed by atoms with E-state index in [0.29, 0.717) is 11.8 Å². The summed E-state index contributed by atoms with van der Waals surface area (Å²) in [4.78, 5) is 15.9. The molecule has 1 aliphatic rings. The van der Waals surface area contributed by atoms with Gasteiger partial charge in [0.2, 0.25) is 5.90 Å². The molecule has 0 aromatic carbocycles. The first-order valence-corrected chi connectivity index (χ1v) is 5.88. The number of aliphatic imine (C=N–C) groups is 1. The van der Waals surface area contributed by atoms with Gasteiger partial charge in [-0.2, -0.15) is 0 Å². The van der Waals surface area contributed by atoms with E-state index < -0.39 is 0 Å². The van der Waals surface area contributed by atoms with Crippen LogP contribution in [0.25, 0.3) is 0 Å². The number of hydrogen-bond acceptors (Lipinski definition) is 4. The molecule has 0 bridgehead atoms. The van der Waals surface area contributed by atoms with Crippen molar-refractivity contribution in [3.63, 3.8) is 0 Å². The highest BCUT2D eigenvalue weighted by molar-refractivity contribution is 5.76. The summed E-state index contributed by atoms with van der Waals surface area (Å²) in [6.45, 7) is 3.74. The van der Waals surface area contributed by atoms with Crippen LogP contribution in [-0.2, 0) is 11.3 Å². The second-order valence-corrected chi connectivity index (χ2v) is 4.34. The van der Waals surface area contributed by atoms with Gasteiger partial charge >= 0.3 is 0 Å². The lowest BCUT2D eigenvalue weighted by Gasteiger charge is -2.10. The van der Waals surface area contributed by atoms with Gasteiger partial charge in [0.15, 0.2) is 0 Å². The maximum Gasteiger partial charge on any atom is 0.274 e. The quantitative estimate of drug-likeness (QED) is 0.498. The number of nitrogens with zero attached hydrogens (tertiary/aromatic N) is 2. The second kappa shape index (κ2) is 5.08. The lowest BCUT2D eigenvalue weighted by Crippen LogP contribution is -2.27. The van der Waals surface area contributed by atoms with Crippen molar-refractivity contribution in [1.82, 2.24) is 4.57 Å². The van der Waals surface area contributed by atoms with E-state index in [-0.39, 0.29) is 17.8 Å². The molecule has 1 heterocycles. The van der Waals surface area contributed by atoms with Gasteiger partial charge in [0.05, 0.1) is 11.9 Å². The first-order valence-electron chi connectivity index (χ1n) is 5.88. The van der Waals surface area contributed by atoms with E-state index in [2.05, 4.69) is 11.6 Å². The molecule has 0 aliphatic heterocycles. The van der Waals surface area contributed by atoms with Crippen LogP contribution in [0.3, 0.4) is 0 Å². The highest BCUT2D eigenvalue weighted by atomic mass is 16.5. The number of hydrogen-bond donors (Lipinski definition) is 1. The Morgan fingerprint density at radius 1 is 1.72 bits per heavy atom. The molecule has 5 heteroatoms. The smallest absolute Gasteiger partial charge is 0.274 e. The van der Waals surface area contributed by atoms with Crippen molar-refractivity contribution in [1.29, 1.82) is 0 Å². The Bertz CT molecular complexity index is 542. The van der Waals surface area contributed by atoms with E-state index in [0.717, 1.165) is 18.4 Å². The third-order valence-electron chi connectivity index (χ3n) is 2.96. The Morgan fingerprint density at radius 3 is 3.00 bits per heavy atom. The minimum atomic E-state index is -0.215. The summed E-state index contributed by atoms with van der Waals surface area (Å²) < 4.78 is 6.66. The third kappa shape index (κ3) is 2.61. The topological polar surface area (TPSA) is 69.6 Å². The van der Waals surface area contributed by atoms with Gasteiger partial charge in [-0.3, -0.25) is 9.79 Å². The van der Waals surface area contributed by atoms with Crippen molar-refractivity contribution in [3.8, 4) is 0 Å². The maximum atomic E-state index is 11.9. The summed E-state index contributed by atoms with van der Waals surface area (Å²) in [6, 6.07) is 1.77. The van der Waals surface area contributed by atoms with Gasteiger partial charge in [0.25, 0.3) is 5.56 Å². The van der Waals surface area contributed by atoms with Crippen LogP contribution in [0.5, 0.6) is 0 Å². The largest absolute Gasteiger partial charge is 0.450 e. The molecule has 1 fully saturated rings. The number of ether oxygens (including phenoxy) is 1. The van der Waals surface area contributed by atoms with Crippen LogP contribution in [0.15, 0.2) is 34.9 Å². The minimum Gasteiger partial charge on any atom is -0.450 e. The van der Waals surface area contributed by atoms with Crippen LogP contribution in [0.4, 0.5) is 5.69 Å². The van der Waals surface area contributed by atoms with Gasteiger partial charge in [-0.15, -0.1) is 0 Å². The number of rotatable bonds is 4. The maximum absolute atomic E-state index is 11.9. The molecule has 1 aromatic rings. The molecule has 2 N–H and O–H groups in total. The summed E-state index contributed by atoms with van der Waals surface area (Å²) in [5.74, 6) is 0.973. The SMILES string of the molecule is C=COC(Cn1cc(C2CC2)cc(N)c1=O)=NC. The number of nitrogen functional groups attached to an aromatic ring is 1. The Hall–Kier alpha value is -2.04. The summed E-state index contributed by atoms with van der Waals surface area (Å²) in [7, 11) is 1.61. The van der Waals surface area contributed by atoms with Crippen molar-refractivity contribution in [3.05, 3.63) is 41.0 Å². The molecule has 0 amide bonds. The molecule has 1 aromatic heterocycles. The van der Waals surface area contributed by atoms with Gasteiger partial charge in [0, 0.05) is 13.2 Å². The van der Waals surface area contributed by atoms with Crippen LogP contribution < -0.4 is 11.3 Å². The van der Waals surface area contributed by atoms with E-state index >= 15 is 0 Å². The summed E-state index contributed by atoms with van der Waals surface area (Å²) in [6.07, 6.45) is 5.46. The summed E-state index contributed by atoms with van der Waals surface area (Å²) in [5, 5.41) is 0. The third-order valence-corrected chi connectivity index (χ3v) is 2.96. The fraction of sp³-hybridized carbons (Fsp3) is 0.385. The molecule has 0 radical (unpaired) electrons. The van der Waals surface area contributed by atoms with Crippen molar-refractivity contribution in [2.45, 2.75) is 25.3 Å². The van der Waals surface area contributed by atoms with Crippen LogP contribution in [0.2, 0.25) is 0 Å². The van der Waals surface area contributed by atoms with Crippen LogP contribution in [0, 0.1) is 0 Å². The average molecular weight is 247 g/mol. The molecule has 1 aliphatic carbocycles. The van der Waals surface area contributed by atoms with E-state index in [9.17, 15) is 4.79 Å². The summed E-state index contributed by atoms with van der Waals surface area (Å²) in [5.41, 5.74) is 6.91. The van der Waals surface area contributed by atoms with Crippen molar-refractivity contribution in [2.24, 2.45) is 4.99 Å². The second-order valence-electron chi connectivity index (χ2n) is 4.34. The number of pyridine rings is 1. The van der Waals surface area contributed by atoms with Crippen LogP contribution in [0.1, 0.15) is 24.3 Å². The molecule has 1 saturated carbocycles. The van der Waals surface area contributed by atoms with Crippen LogP contribution >= 0.6 is 0 Å². The predicted octanol–water partition coefficient (Wildman–Crippen LogP) is 1.50. The van der Waals surface area contributed by atoms with Gasteiger partial charge < -0.3 is 15.0 Å². The molecule has 18 heavy (non-hydrogen) atoms. The standard InChI is InChI=1S/C13H17N3O2/c1-3-18-12(15-2)8-16-7-10(9-4-5-9)6-11(14)13(16)17/h3,6-7,9H,1,4-5,8,14H2,2H3. The molecule has 0 spiro atoms. The van der Waals surface area contributed by atoms with Crippen LogP contribution in [-0.4, -0.2) is 17.5 Å². The van der Waals surface area contributed by atoms with Crippen molar-refractivity contribution >= 4 is 11.6 Å². The van der Waals surface area contributed by atoms with E-state index in [4.69, 9.17) is 10.5 Å². The normalized spacial score (nSPS) is 15.5. The molecular formula is C13H17N3O2. The van der Waals surface area contributed by atoms with E-state index in [1.165, 1.54) is 10.8 Å². The highest BCUT2D eigenvalue weighted by Gasteiger charge is 2.25. The molecule has 5 nitrogen and oxygen atoms in total. The Morgan fingerprint density at radius 2 is 2.44 bits per heavy atom. The first-order chi connectivity index (χ1) is 8.65. The van der Waals surface area contributed by atoms with E-state index in [1.54, 1.807) is 13.1 Å². The Labute approximate surface area is 106 Å². The zero-order chi connectivity index (χ0) is 13.1. The van der Waals surface area contributed by atoms with Gasteiger partial charge in [-0.1, -0.05) is 6.58 Å². The zero-order valence-corrected chi connectivity index (χ0v) is 10.4. The number of anilines is 1. The van der Waals surface area contributed by atoms with Gasteiger partial charge in [-0.25, -0.2) is 0 Å². The Balaban J connectivity index is 2.31. The molecule has 0 atom stereocenters. The predicted molar refractivity (Wildman–Crippen MR) is 71.7 cm³/mol. The molecular weight excluding hydrogens is 230 g/mol. The fourth-order valence-corrected chi connectivity index (χ4v) is 1.84. The molecule has 2 rings (SSSR count). The van der Waals surface area contributed by atoms with Crippen molar-refractivity contribution in [2.75, 3.05) is 12.8 Å². The average Bonchev–Trinajstić information content (AvgIpc) is 3.18. The minimum absolute atomic E-state index is 0.215. The molecule has 0 saturated heterocycles. The van der Waals surface area contributed by atoms with Gasteiger partial charge in [-0.05, 0) is 30.4 Å². The first kappa shape index (κ1) is 12.4. The van der Waals surface area contributed by atoms with E-state index in [1.807, 2.05) is 6.20 Å². The molecule has 0 unspecified atom stereocenters. The lowest BCUT2D eigenvalue weighted by atomic mass is 10.2. The van der Waals surface area contributed by atoms with Crippen molar-refractivity contribution < 1.29 is 4.74 Å². The highest BCUT2D eigenvalue weighted by Crippen LogP contribution is 2.39. The number of aromatic nitrogens is 1. The zero-order valence-electron chi connectivity index (χ0n) is 10.4. The monoisotopic (exact) mass is 247 g/mol. The fourth-order valence-electron chi connectivity index (χ4n) is 1.84. The van der Waals surface area contributed by atoms with Gasteiger partial charge in [0.1, 0.15) is 6.54 Å². The summed E-state index contributed by atoms with van der Waals surface area (Å²) >= 11 is 0. The molecule has 96 valence electrons. The lowest BCUT2D eigenvalue weighted by molar-refractivity contribution is 0.448. The Kier molecular flexibility index (Phi) is 3.50.